The summed E-state index contributed by atoms with van der Waals surface area (Å²) < 4.78 is 5.26. The number of hydrogen-bond donors (Lipinski definition) is 7. The smallest absolute Gasteiger partial charge is 0.336 e. The number of likely N-dealkylation sites (tertiary alicyclic amines) is 1. The molecule has 1 unspecified atom stereocenters. The van der Waals surface area contributed by atoms with Gasteiger partial charge in [-0.2, -0.15) is 0 Å². The van der Waals surface area contributed by atoms with Crippen molar-refractivity contribution in [2.75, 3.05) is 11.9 Å². The minimum Gasteiger partial charge on any atom is -0.481 e. The number of amides is 6. The van der Waals surface area contributed by atoms with Crippen molar-refractivity contribution in [3.05, 3.63) is 40.2 Å². The Morgan fingerprint density at radius 2 is 1.47 bits per heavy atom. The van der Waals surface area contributed by atoms with E-state index in [9.17, 15) is 53.4 Å². The summed E-state index contributed by atoms with van der Waals surface area (Å²) in [5, 5.41) is 32.6. The number of nitrogens with zero attached hydrogens (tertiary/aromatic N) is 1. The molecule has 1 aromatic heterocycles. The molecule has 0 aliphatic carbocycles. The van der Waals surface area contributed by atoms with Crippen molar-refractivity contribution in [2.45, 2.75) is 125 Å². The Hall–Kier alpha value is -5.81. The van der Waals surface area contributed by atoms with Crippen LogP contribution < -0.4 is 32.2 Å². The number of benzene rings is 1. The number of rotatable bonds is 18. The van der Waals surface area contributed by atoms with Gasteiger partial charge in [0.05, 0.1) is 6.42 Å². The maximum Gasteiger partial charge on any atom is 0.336 e. The van der Waals surface area contributed by atoms with Gasteiger partial charge in [-0.1, -0.05) is 48.5 Å². The van der Waals surface area contributed by atoms with Gasteiger partial charge < -0.3 is 46.1 Å². The predicted molar refractivity (Wildman–Crippen MR) is 216 cm³/mol. The molecule has 0 saturated carbocycles. The van der Waals surface area contributed by atoms with Crippen molar-refractivity contribution in [3.8, 4) is 0 Å². The summed E-state index contributed by atoms with van der Waals surface area (Å²) >= 11 is 0. The average molecular weight is 827 g/mol. The first-order valence-electron chi connectivity index (χ1n) is 19.7. The van der Waals surface area contributed by atoms with Crippen LogP contribution in [-0.2, 0) is 38.4 Å². The highest BCUT2D eigenvalue weighted by Crippen LogP contribution is 2.36. The van der Waals surface area contributed by atoms with Gasteiger partial charge in [0.2, 0.25) is 35.4 Å². The third kappa shape index (κ3) is 13.6. The van der Waals surface area contributed by atoms with E-state index in [1.54, 1.807) is 40.7 Å². The third-order valence-corrected chi connectivity index (χ3v) is 10.00. The zero-order chi connectivity index (χ0) is 44.5. The second-order valence-electron chi connectivity index (χ2n) is 17.0. The van der Waals surface area contributed by atoms with E-state index in [0.29, 0.717) is 23.8 Å². The van der Waals surface area contributed by atoms with Crippen LogP contribution in [0.25, 0.3) is 11.0 Å². The highest BCUT2D eigenvalue weighted by molar-refractivity contribution is 6.02. The largest absolute Gasteiger partial charge is 0.481 e. The fourth-order valence-electron chi connectivity index (χ4n) is 7.23. The number of nitrogens with one attached hydrogen (secondary N) is 5. The predicted octanol–water partition coefficient (Wildman–Crippen LogP) is 2.30. The molecule has 1 aliphatic heterocycles. The molecular formula is C41H58N6O12. The van der Waals surface area contributed by atoms with Crippen LogP contribution in [0.15, 0.2) is 33.5 Å². The lowest BCUT2D eigenvalue weighted by atomic mass is 9.81. The number of carbonyl (C=O) groups is 8. The van der Waals surface area contributed by atoms with Gasteiger partial charge in [-0.05, 0) is 67.1 Å². The molecule has 1 fully saturated rings. The van der Waals surface area contributed by atoms with Gasteiger partial charge in [0.25, 0.3) is 0 Å². The topological polar surface area (TPSA) is 271 Å². The molecule has 0 bridgehead atoms. The van der Waals surface area contributed by atoms with E-state index in [0.717, 1.165) is 0 Å². The number of hydrogen-bond acceptors (Lipinski definition) is 10. The van der Waals surface area contributed by atoms with Crippen molar-refractivity contribution in [2.24, 2.45) is 23.2 Å². The molecule has 1 aliphatic rings. The lowest BCUT2D eigenvalue weighted by Crippen LogP contribution is -2.61. The summed E-state index contributed by atoms with van der Waals surface area (Å²) in [5.41, 5.74) is 0.0810. The van der Waals surface area contributed by atoms with Gasteiger partial charge in [-0.15, -0.1) is 0 Å². The summed E-state index contributed by atoms with van der Waals surface area (Å²) in [5.74, 6) is -8.41. The molecule has 6 amide bonds. The van der Waals surface area contributed by atoms with Gasteiger partial charge >= 0.3 is 17.6 Å². The molecule has 3 rings (SSSR count). The van der Waals surface area contributed by atoms with Crippen LogP contribution in [0.3, 0.4) is 0 Å². The first kappa shape index (κ1) is 47.6. The highest BCUT2D eigenvalue weighted by Gasteiger charge is 2.46. The molecule has 1 aromatic carbocycles. The van der Waals surface area contributed by atoms with Crippen LogP contribution in [0.5, 0.6) is 0 Å². The molecule has 0 spiro atoms. The van der Waals surface area contributed by atoms with Crippen LogP contribution in [0, 0.1) is 30.1 Å². The maximum atomic E-state index is 14.5. The van der Waals surface area contributed by atoms with Crippen LogP contribution >= 0.6 is 0 Å². The summed E-state index contributed by atoms with van der Waals surface area (Å²) in [6.45, 7) is 15.6. The fraction of sp³-hybridized carbons (Fsp3) is 0.585. The van der Waals surface area contributed by atoms with E-state index in [2.05, 4.69) is 26.6 Å². The normalized spacial score (nSPS) is 17.4. The Kier molecular flexibility index (Phi) is 16.3. The molecule has 18 heteroatoms. The van der Waals surface area contributed by atoms with Crippen molar-refractivity contribution < 1.29 is 53.0 Å². The van der Waals surface area contributed by atoms with E-state index in [4.69, 9.17) is 4.42 Å². The molecular weight excluding hydrogens is 768 g/mol. The van der Waals surface area contributed by atoms with Gasteiger partial charge in [0, 0.05) is 43.1 Å². The second kappa shape index (κ2) is 20.2. The monoisotopic (exact) mass is 826 g/mol. The zero-order valence-corrected chi connectivity index (χ0v) is 35.1. The van der Waals surface area contributed by atoms with Gasteiger partial charge in [0.1, 0.15) is 35.8 Å². The van der Waals surface area contributed by atoms with Crippen molar-refractivity contribution in [1.29, 1.82) is 0 Å². The minimum atomic E-state index is -1.60. The van der Waals surface area contributed by atoms with Crippen LogP contribution in [0.1, 0.15) is 93.1 Å². The number of fused-ring (bicyclic) bond motifs is 1. The SMILES string of the molecule is CC(=O)N[C@H](C(=O)N[C@@H](CCC(=O)O)C(=O)N[C@H](C(=O)N1CCC(CC(C)(C)C)[C@H]1C(=O)N[C@@H](CC(=O)O)C(=O)Nc1ccc2c(C)cc(=O)oc2c1)C(C)C)C(C)C. The summed E-state index contributed by atoms with van der Waals surface area (Å²) in [6, 6.07) is -0.617. The molecule has 1 saturated heterocycles. The number of carboxylic acids is 2. The average Bonchev–Trinajstić information content (AvgIpc) is 3.51. The molecule has 59 heavy (non-hydrogen) atoms. The van der Waals surface area contributed by atoms with Crippen LogP contribution in [0.4, 0.5) is 5.69 Å². The number of carbonyl (C=O) groups excluding carboxylic acids is 6. The summed E-state index contributed by atoms with van der Waals surface area (Å²) in [4.78, 5) is 118. The summed E-state index contributed by atoms with van der Waals surface area (Å²) in [6.07, 6.45) is -0.818. The first-order valence-corrected chi connectivity index (χ1v) is 19.7. The second-order valence-corrected chi connectivity index (χ2v) is 17.0. The van der Waals surface area contributed by atoms with Crippen LogP contribution in [0.2, 0.25) is 0 Å². The van der Waals surface area contributed by atoms with E-state index in [1.807, 2.05) is 20.8 Å². The Labute approximate surface area is 342 Å². The van der Waals surface area contributed by atoms with E-state index in [1.165, 1.54) is 30.0 Å². The van der Waals surface area contributed by atoms with Gasteiger partial charge in [-0.3, -0.25) is 38.4 Å². The van der Waals surface area contributed by atoms with Gasteiger partial charge in [-0.25, -0.2) is 4.79 Å². The first-order chi connectivity index (χ1) is 27.4. The number of aliphatic carboxylic acids is 2. The van der Waals surface area contributed by atoms with Crippen molar-refractivity contribution >= 4 is 64.0 Å². The Morgan fingerprint density at radius 1 is 0.831 bits per heavy atom. The van der Waals surface area contributed by atoms with Gasteiger partial charge in [0.15, 0.2) is 0 Å². The molecule has 2 aromatic rings. The molecule has 2 heterocycles. The Bertz CT molecular complexity index is 1990. The summed E-state index contributed by atoms with van der Waals surface area (Å²) in [7, 11) is 0. The zero-order valence-electron chi connectivity index (χ0n) is 35.1. The third-order valence-electron chi connectivity index (χ3n) is 10.00. The van der Waals surface area contributed by atoms with E-state index in [-0.39, 0.29) is 35.6 Å². The molecule has 0 radical (unpaired) electrons. The lowest BCUT2D eigenvalue weighted by Gasteiger charge is -2.35. The van der Waals surface area contributed by atoms with Crippen molar-refractivity contribution in [1.82, 2.24) is 26.2 Å². The molecule has 324 valence electrons. The van der Waals surface area contributed by atoms with Crippen molar-refractivity contribution in [3.63, 3.8) is 0 Å². The lowest BCUT2D eigenvalue weighted by molar-refractivity contribution is -0.145. The Balaban J connectivity index is 1.92. The van der Waals surface area contributed by atoms with E-state index >= 15 is 0 Å². The fourth-order valence-corrected chi connectivity index (χ4v) is 7.23. The molecule has 7 N–H and O–H groups in total. The Morgan fingerprint density at radius 3 is 2.03 bits per heavy atom. The number of carboxylic acid groups (broad SMARTS) is 2. The highest BCUT2D eigenvalue weighted by atomic mass is 16.4. The molecule has 6 atom stereocenters. The van der Waals surface area contributed by atoms with Crippen LogP contribution in [-0.4, -0.2) is 99.2 Å². The standard InChI is InChI=1S/C41H58N6O12/c1-20(2)33(42-23(6)48)38(56)44-27(12-13-30(49)50)36(54)46-34(21(3)4)40(58)47-15-14-24(19-41(7,8)9)35(47)39(57)45-28(18-31(51)52)37(55)43-25-10-11-26-22(5)16-32(53)59-29(26)17-25/h10-11,16-17,20-21,24,27-28,33-35H,12-15,18-19H2,1-9H3,(H,42,48)(H,43,55)(H,44,56)(H,45,57)(H,46,54)(H,49,50)(H,51,52)/t24?,27-,28-,33-,34-,35-/m0/s1. The quantitative estimate of drug-likeness (QED) is 0.107. The minimum absolute atomic E-state index is 0.0836. The maximum absolute atomic E-state index is 14.5. The molecule has 18 nitrogen and oxygen atoms in total. The number of aryl methyl sites for hydroxylation is 1. The van der Waals surface area contributed by atoms with E-state index < -0.39 is 108 Å². The number of anilines is 1.